The molecule has 1 aromatic heterocycles. The van der Waals surface area contributed by atoms with Gasteiger partial charge in [-0.3, -0.25) is 14.9 Å². The van der Waals surface area contributed by atoms with Gasteiger partial charge in [0.15, 0.2) is 4.34 Å². The first-order chi connectivity index (χ1) is 13.9. The number of hydrogen-bond acceptors (Lipinski definition) is 9. The maximum absolute atomic E-state index is 12.2. The highest BCUT2D eigenvalue weighted by molar-refractivity contribution is 8.01. The van der Waals surface area contributed by atoms with Crippen molar-refractivity contribution >= 4 is 51.2 Å². The molecule has 0 radical (unpaired) electrons. The Bertz CT molecular complexity index is 1020. The third kappa shape index (κ3) is 5.65. The maximum Gasteiger partial charge on any atom is 0.271 e. The number of anilines is 3. The molecule has 0 bridgehead atoms. The summed E-state index contributed by atoms with van der Waals surface area (Å²) in [5, 5.41) is 25.5. The fourth-order valence-electron chi connectivity index (χ4n) is 2.30. The van der Waals surface area contributed by atoms with E-state index in [9.17, 15) is 14.9 Å². The van der Waals surface area contributed by atoms with E-state index in [2.05, 4.69) is 20.8 Å². The van der Waals surface area contributed by atoms with Gasteiger partial charge in [-0.25, -0.2) is 0 Å². The van der Waals surface area contributed by atoms with Crippen LogP contribution < -0.4 is 15.4 Å². The summed E-state index contributed by atoms with van der Waals surface area (Å²) in [6.45, 7) is 2.01. The van der Waals surface area contributed by atoms with Gasteiger partial charge in [0, 0.05) is 17.8 Å². The molecule has 0 atom stereocenters. The molecule has 1 heterocycles. The second-order valence-corrected chi connectivity index (χ2v) is 8.04. The van der Waals surface area contributed by atoms with Gasteiger partial charge in [-0.05, 0) is 25.1 Å². The van der Waals surface area contributed by atoms with Crippen LogP contribution in [0, 0.1) is 17.0 Å². The number of carbonyl (C=O) groups is 1. The Morgan fingerprint density at radius 2 is 2.00 bits per heavy atom. The standard InChI is InChI=1S/C18H17N5O4S2/c1-11-3-5-12(6-4-11)19-17-21-22-18(29-17)28-10-16(24)20-14-9-13(23(25)26)7-8-15(14)27-2/h3-9H,10H2,1-2H3,(H,19,21)(H,20,24). The zero-order chi connectivity index (χ0) is 20.8. The van der Waals surface area contributed by atoms with Gasteiger partial charge in [0.1, 0.15) is 5.75 Å². The van der Waals surface area contributed by atoms with E-state index in [-0.39, 0.29) is 23.0 Å². The van der Waals surface area contributed by atoms with E-state index in [1.807, 2.05) is 31.2 Å². The van der Waals surface area contributed by atoms with Gasteiger partial charge in [-0.2, -0.15) is 0 Å². The second kappa shape index (κ2) is 9.34. The van der Waals surface area contributed by atoms with Crippen LogP contribution >= 0.6 is 23.1 Å². The van der Waals surface area contributed by atoms with Crippen molar-refractivity contribution in [3.8, 4) is 5.75 Å². The second-order valence-electron chi connectivity index (χ2n) is 5.84. The first kappa shape index (κ1) is 20.6. The highest BCUT2D eigenvalue weighted by Gasteiger charge is 2.15. The molecule has 1 amide bonds. The van der Waals surface area contributed by atoms with Crippen molar-refractivity contribution in [2.75, 3.05) is 23.5 Å². The highest BCUT2D eigenvalue weighted by Crippen LogP contribution is 2.30. The lowest BCUT2D eigenvalue weighted by Crippen LogP contribution is -2.14. The summed E-state index contributed by atoms with van der Waals surface area (Å²) >= 11 is 2.55. The lowest BCUT2D eigenvalue weighted by molar-refractivity contribution is -0.384. The van der Waals surface area contributed by atoms with E-state index in [1.54, 1.807) is 0 Å². The van der Waals surface area contributed by atoms with Crippen LogP contribution in [0.25, 0.3) is 0 Å². The fourth-order valence-corrected chi connectivity index (χ4v) is 3.87. The number of methoxy groups -OCH3 is 1. The summed E-state index contributed by atoms with van der Waals surface area (Å²) in [4.78, 5) is 22.6. The smallest absolute Gasteiger partial charge is 0.271 e. The molecule has 11 heteroatoms. The van der Waals surface area contributed by atoms with E-state index in [0.29, 0.717) is 15.2 Å². The molecule has 0 saturated carbocycles. The molecule has 0 aliphatic rings. The first-order valence-corrected chi connectivity index (χ1v) is 10.2. The maximum atomic E-state index is 12.2. The van der Waals surface area contributed by atoms with Crippen LogP contribution in [0.1, 0.15) is 5.56 Å². The first-order valence-electron chi connectivity index (χ1n) is 8.37. The van der Waals surface area contributed by atoms with E-state index in [1.165, 1.54) is 48.4 Å². The van der Waals surface area contributed by atoms with Crippen LogP contribution in [0.3, 0.4) is 0 Å². The number of thioether (sulfide) groups is 1. The van der Waals surface area contributed by atoms with E-state index < -0.39 is 4.92 Å². The van der Waals surface area contributed by atoms with Gasteiger partial charge in [-0.1, -0.05) is 40.8 Å². The summed E-state index contributed by atoms with van der Waals surface area (Å²) in [5.74, 6) is 0.0804. The van der Waals surface area contributed by atoms with Crippen molar-refractivity contribution in [2.24, 2.45) is 0 Å². The SMILES string of the molecule is COc1ccc([N+](=O)[O-])cc1NC(=O)CSc1nnc(Nc2ccc(C)cc2)s1. The van der Waals surface area contributed by atoms with Crippen LogP contribution in [0.4, 0.5) is 22.2 Å². The topological polar surface area (TPSA) is 119 Å². The van der Waals surface area contributed by atoms with Gasteiger partial charge >= 0.3 is 0 Å². The van der Waals surface area contributed by atoms with Gasteiger partial charge in [0.2, 0.25) is 11.0 Å². The van der Waals surface area contributed by atoms with Gasteiger partial charge in [-0.15, -0.1) is 10.2 Å². The van der Waals surface area contributed by atoms with E-state index in [4.69, 9.17) is 4.74 Å². The number of nitro benzene ring substituents is 1. The molecule has 3 rings (SSSR count). The van der Waals surface area contributed by atoms with Crippen molar-refractivity contribution in [1.82, 2.24) is 10.2 Å². The molecular weight excluding hydrogens is 414 g/mol. The number of nitrogens with one attached hydrogen (secondary N) is 2. The number of benzene rings is 2. The van der Waals surface area contributed by atoms with Gasteiger partial charge in [0.05, 0.1) is 23.5 Å². The number of non-ortho nitro benzene ring substituents is 1. The van der Waals surface area contributed by atoms with Crippen LogP contribution in [-0.4, -0.2) is 33.9 Å². The Kier molecular flexibility index (Phi) is 6.62. The van der Waals surface area contributed by atoms with Gasteiger partial charge in [0.25, 0.3) is 5.69 Å². The fraction of sp³-hybridized carbons (Fsp3) is 0.167. The number of aromatic nitrogens is 2. The van der Waals surface area contributed by atoms with Crippen molar-refractivity contribution in [2.45, 2.75) is 11.3 Å². The zero-order valence-corrected chi connectivity index (χ0v) is 17.2. The zero-order valence-electron chi connectivity index (χ0n) is 15.5. The Balaban J connectivity index is 1.57. The van der Waals surface area contributed by atoms with Gasteiger partial charge < -0.3 is 15.4 Å². The summed E-state index contributed by atoms with van der Waals surface area (Å²) in [5.41, 5.74) is 2.17. The molecule has 150 valence electrons. The van der Waals surface area contributed by atoms with Crippen molar-refractivity contribution in [3.63, 3.8) is 0 Å². The average Bonchev–Trinajstić information content (AvgIpc) is 3.15. The average molecular weight is 431 g/mol. The molecule has 0 saturated heterocycles. The summed E-state index contributed by atoms with van der Waals surface area (Å²) < 4.78 is 5.76. The summed E-state index contributed by atoms with van der Waals surface area (Å²) in [6, 6.07) is 11.9. The molecule has 2 N–H and O–H groups in total. The minimum Gasteiger partial charge on any atom is -0.495 e. The Hall–Kier alpha value is -3.18. The summed E-state index contributed by atoms with van der Waals surface area (Å²) in [6.07, 6.45) is 0. The van der Waals surface area contributed by atoms with Crippen molar-refractivity contribution in [3.05, 3.63) is 58.1 Å². The minimum atomic E-state index is -0.534. The lowest BCUT2D eigenvalue weighted by atomic mass is 10.2. The lowest BCUT2D eigenvalue weighted by Gasteiger charge is -2.09. The Morgan fingerprint density at radius 3 is 2.69 bits per heavy atom. The molecule has 0 spiro atoms. The number of carbonyl (C=O) groups excluding carboxylic acids is 1. The molecule has 0 fully saturated rings. The van der Waals surface area contributed by atoms with Crippen LogP contribution in [0.2, 0.25) is 0 Å². The minimum absolute atomic E-state index is 0.0744. The number of aryl methyl sites for hydroxylation is 1. The predicted octanol–water partition coefficient (Wildman–Crippen LogP) is 4.24. The number of rotatable bonds is 8. The number of amides is 1. The molecule has 2 aromatic carbocycles. The number of hydrogen-bond donors (Lipinski definition) is 2. The molecular formula is C18H17N5O4S2. The molecule has 29 heavy (non-hydrogen) atoms. The molecule has 0 unspecified atom stereocenters. The quantitative estimate of drug-likeness (QED) is 0.309. The number of nitrogens with zero attached hydrogens (tertiary/aromatic N) is 3. The van der Waals surface area contributed by atoms with Crippen LogP contribution in [-0.2, 0) is 4.79 Å². The molecule has 9 nitrogen and oxygen atoms in total. The Morgan fingerprint density at radius 1 is 1.24 bits per heavy atom. The number of ether oxygens (including phenoxy) is 1. The molecule has 3 aromatic rings. The highest BCUT2D eigenvalue weighted by atomic mass is 32.2. The summed E-state index contributed by atoms with van der Waals surface area (Å²) in [7, 11) is 1.43. The normalized spacial score (nSPS) is 10.4. The number of nitro groups is 1. The van der Waals surface area contributed by atoms with E-state index in [0.717, 1.165) is 11.3 Å². The van der Waals surface area contributed by atoms with Crippen molar-refractivity contribution < 1.29 is 14.5 Å². The third-order valence-corrected chi connectivity index (χ3v) is 5.68. The van der Waals surface area contributed by atoms with E-state index >= 15 is 0 Å². The van der Waals surface area contributed by atoms with Crippen molar-refractivity contribution in [1.29, 1.82) is 0 Å². The molecule has 0 aliphatic carbocycles. The molecule has 0 aliphatic heterocycles. The monoisotopic (exact) mass is 431 g/mol. The third-order valence-electron chi connectivity index (χ3n) is 3.70. The largest absolute Gasteiger partial charge is 0.495 e. The van der Waals surface area contributed by atoms with Crippen LogP contribution in [0.15, 0.2) is 46.8 Å². The predicted molar refractivity (Wildman–Crippen MR) is 113 cm³/mol. The van der Waals surface area contributed by atoms with Crippen LogP contribution in [0.5, 0.6) is 5.75 Å². The Labute approximate surface area is 174 Å².